The number of hydrogen-bond donors (Lipinski definition) is 1. The molecule has 1 aromatic carbocycles. The number of alkyl halides is 2. The third-order valence-corrected chi connectivity index (χ3v) is 4.38. The number of benzene rings is 1. The highest BCUT2D eigenvalue weighted by atomic mass is 35.5. The minimum Gasteiger partial charge on any atom is -0.385 e. The molecular weight excluding hydrogens is 414 g/mol. The summed E-state index contributed by atoms with van der Waals surface area (Å²) in [5, 5.41) is -0.593. The molecule has 1 atom stereocenters. The summed E-state index contributed by atoms with van der Waals surface area (Å²) in [5.41, 5.74) is -0.0359. The lowest BCUT2D eigenvalue weighted by molar-refractivity contribution is -0.0149. The quantitative estimate of drug-likeness (QED) is 0.576. The minimum atomic E-state index is -3.36. The third kappa shape index (κ3) is 4.11. The van der Waals surface area contributed by atoms with Crippen LogP contribution in [0.25, 0.3) is 0 Å². The van der Waals surface area contributed by atoms with Crippen LogP contribution in [0.1, 0.15) is 34.0 Å². The van der Waals surface area contributed by atoms with Gasteiger partial charge < -0.3 is 10.5 Å². The molecule has 0 saturated heterocycles. The van der Waals surface area contributed by atoms with Gasteiger partial charge >= 0.3 is 0 Å². The zero-order chi connectivity index (χ0) is 25.6. The predicted molar refractivity (Wildman–Crippen MR) is 98.5 cm³/mol. The summed E-state index contributed by atoms with van der Waals surface area (Å²) in [6.07, 6.45) is -4.92. The molecule has 0 spiro atoms. The van der Waals surface area contributed by atoms with Crippen molar-refractivity contribution in [1.29, 1.82) is 0 Å². The van der Waals surface area contributed by atoms with Gasteiger partial charge in [0.15, 0.2) is 23.0 Å². The standard InChI is InChI=1S/C19H16ClF4N3O2/c1-9-2-11(20)6-26-17(9)14(28)5-10-3-12(16(22)13(21)4-10)19(18(23)24)8-29-7-15(25)27-19/h2-4,6,18H,5,7-8H2,1H3,(H2,25,27)/t19-/m0/s1/i1D3,2D,6D. The molecule has 3 rings (SSSR count). The van der Waals surface area contributed by atoms with Gasteiger partial charge in [-0.15, -0.1) is 0 Å². The molecule has 0 saturated carbocycles. The van der Waals surface area contributed by atoms with E-state index < -0.39 is 83.3 Å². The van der Waals surface area contributed by atoms with E-state index in [1.54, 1.807) is 0 Å². The van der Waals surface area contributed by atoms with E-state index in [-0.39, 0.29) is 18.0 Å². The number of ether oxygens (including phenoxy) is 1. The highest BCUT2D eigenvalue weighted by Gasteiger charge is 2.47. The Labute approximate surface area is 175 Å². The van der Waals surface area contributed by atoms with E-state index in [1.165, 1.54) is 0 Å². The Morgan fingerprint density at radius 1 is 1.48 bits per heavy atom. The van der Waals surface area contributed by atoms with Crippen LogP contribution in [0.15, 0.2) is 29.3 Å². The Kier molecular flexibility index (Phi) is 4.27. The van der Waals surface area contributed by atoms with Gasteiger partial charge in [0.2, 0.25) is 0 Å². The van der Waals surface area contributed by atoms with Crippen LogP contribution in [0.3, 0.4) is 0 Å². The topological polar surface area (TPSA) is 77.6 Å². The predicted octanol–water partition coefficient (Wildman–Crippen LogP) is 3.59. The minimum absolute atomic E-state index is 0.290. The number of nitrogens with two attached hydrogens (primary N) is 1. The van der Waals surface area contributed by atoms with E-state index in [0.717, 1.165) is 6.07 Å². The van der Waals surface area contributed by atoms with Gasteiger partial charge in [-0.25, -0.2) is 17.6 Å². The number of aromatic nitrogens is 1. The van der Waals surface area contributed by atoms with E-state index in [1.807, 2.05) is 0 Å². The molecule has 0 bridgehead atoms. The van der Waals surface area contributed by atoms with Crippen LogP contribution in [0.5, 0.6) is 0 Å². The molecule has 2 aromatic rings. The van der Waals surface area contributed by atoms with Crippen molar-refractivity contribution in [3.63, 3.8) is 0 Å². The first kappa shape index (κ1) is 15.3. The molecule has 0 unspecified atom stereocenters. The average Bonchev–Trinajstić information content (AvgIpc) is 2.72. The van der Waals surface area contributed by atoms with E-state index in [4.69, 9.17) is 28.9 Å². The largest absolute Gasteiger partial charge is 0.385 e. The Hall–Kier alpha value is -2.52. The first-order valence-electron chi connectivity index (χ1n) is 10.6. The maximum absolute atomic E-state index is 14.6. The van der Waals surface area contributed by atoms with Gasteiger partial charge in [0.1, 0.15) is 18.1 Å². The van der Waals surface area contributed by atoms with Gasteiger partial charge in [-0.1, -0.05) is 11.6 Å². The molecule has 0 radical (unpaired) electrons. The third-order valence-electron chi connectivity index (χ3n) is 4.20. The maximum Gasteiger partial charge on any atom is 0.269 e. The van der Waals surface area contributed by atoms with Crippen LogP contribution in [0, 0.1) is 18.5 Å². The number of pyridine rings is 1. The molecule has 0 fully saturated rings. The molecule has 10 heteroatoms. The summed E-state index contributed by atoms with van der Waals surface area (Å²) in [4.78, 5) is 20.1. The van der Waals surface area contributed by atoms with Crippen LogP contribution in [-0.2, 0) is 16.7 Å². The zero-order valence-corrected chi connectivity index (χ0v) is 15.3. The Bertz CT molecular complexity index is 1200. The highest BCUT2D eigenvalue weighted by molar-refractivity contribution is 6.30. The maximum atomic E-state index is 14.6. The van der Waals surface area contributed by atoms with Crippen molar-refractivity contribution in [2.45, 2.75) is 25.2 Å². The van der Waals surface area contributed by atoms with Crippen LogP contribution < -0.4 is 5.73 Å². The van der Waals surface area contributed by atoms with Crippen LogP contribution >= 0.6 is 11.6 Å². The normalized spacial score (nSPS) is 22.3. The van der Waals surface area contributed by atoms with Crippen LogP contribution in [0.4, 0.5) is 17.6 Å². The Balaban J connectivity index is 2.12. The lowest BCUT2D eigenvalue weighted by Crippen LogP contribution is -2.45. The van der Waals surface area contributed by atoms with Crippen molar-refractivity contribution < 1.29 is 33.9 Å². The van der Waals surface area contributed by atoms with Gasteiger partial charge in [0.25, 0.3) is 6.43 Å². The molecule has 1 aromatic heterocycles. The lowest BCUT2D eigenvalue weighted by atomic mass is 9.88. The van der Waals surface area contributed by atoms with Crippen molar-refractivity contribution in [3.05, 3.63) is 63.4 Å². The highest BCUT2D eigenvalue weighted by Crippen LogP contribution is 2.38. The SMILES string of the molecule is [2H]c1nc(C(=O)Cc2cc(F)c(F)c([C@]3(C(F)F)COCC(N)=N3)c2)c(C([2H])([2H])[2H])c([2H])c1Cl. The van der Waals surface area contributed by atoms with Crippen LogP contribution in [-0.4, -0.2) is 36.2 Å². The summed E-state index contributed by atoms with van der Waals surface area (Å²) in [6, 6.07) is 0.542. The zero-order valence-electron chi connectivity index (χ0n) is 19.5. The second-order valence-electron chi connectivity index (χ2n) is 6.25. The van der Waals surface area contributed by atoms with Gasteiger partial charge in [-0.05, 0) is 36.2 Å². The van der Waals surface area contributed by atoms with Crippen molar-refractivity contribution in [1.82, 2.24) is 4.98 Å². The summed E-state index contributed by atoms with van der Waals surface area (Å²) >= 11 is 5.73. The van der Waals surface area contributed by atoms with E-state index in [9.17, 15) is 22.4 Å². The number of rotatable bonds is 5. The van der Waals surface area contributed by atoms with E-state index in [0.29, 0.717) is 6.07 Å². The number of carbonyl (C=O) groups is 1. The first-order valence-corrected chi connectivity index (χ1v) is 8.45. The average molecular weight is 435 g/mol. The first-order chi connectivity index (χ1) is 15.7. The van der Waals surface area contributed by atoms with E-state index >= 15 is 0 Å². The fraction of sp³-hybridized carbons (Fsp3) is 0.316. The Morgan fingerprint density at radius 3 is 2.90 bits per heavy atom. The molecule has 1 aliphatic rings. The number of amidine groups is 1. The van der Waals surface area contributed by atoms with Gasteiger partial charge in [-0.2, -0.15) is 0 Å². The number of halogens is 5. The van der Waals surface area contributed by atoms with Crippen LogP contribution in [0.2, 0.25) is 5.02 Å². The van der Waals surface area contributed by atoms with Crippen molar-refractivity contribution in [3.8, 4) is 0 Å². The summed E-state index contributed by atoms with van der Waals surface area (Å²) in [6.45, 7) is -4.12. The van der Waals surface area contributed by atoms with E-state index in [2.05, 4.69) is 9.98 Å². The molecule has 2 heterocycles. The second kappa shape index (κ2) is 8.08. The molecule has 1 aliphatic heterocycles. The molecule has 0 amide bonds. The van der Waals surface area contributed by atoms with Gasteiger partial charge in [0.05, 0.1) is 14.4 Å². The smallest absolute Gasteiger partial charge is 0.269 e. The summed E-state index contributed by atoms with van der Waals surface area (Å²) in [7, 11) is 0. The summed E-state index contributed by atoms with van der Waals surface area (Å²) in [5.74, 6) is -4.67. The number of ketones is 1. The Morgan fingerprint density at radius 2 is 2.24 bits per heavy atom. The van der Waals surface area contributed by atoms with Gasteiger partial charge in [0, 0.05) is 22.3 Å². The lowest BCUT2D eigenvalue weighted by Gasteiger charge is -2.33. The van der Waals surface area contributed by atoms with Crippen molar-refractivity contribution in [2.75, 3.05) is 13.2 Å². The second-order valence-corrected chi connectivity index (χ2v) is 6.62. The number of nitrogens with zero attached hydrogens (tertiary/aromatic N) is 2. The van der Waals surface area contributed by atoms with Crippen molar-refractivity contribution >= 4 is 23.2 Å². The fourth-order valence-electron chi connectivity index (χ4n) is 2.89. The fourth-order valence-corrected chi connectivity index (χ4v) is 3.03. The molecule has 0 aliphatic carbocycles. The number of carbonyl (C=O) groups excluding carboxylic acids is 1. The van der Waals surface area contributed by atoms with Gasteiger partial charge in [-0.3, -0.25) is 14.8 Å². The monoisotopic (exact) mass is 434 g/mol. The number of hydrogen-bond acceptors (Lipinski definition) is 5. The molecule has 5 nitrogen and oxygen atoms in total. The molecule has 154 valence electrons. The number of aliphatic imine (C=N–C) groups is 1. The molecule has 29 heavy (non-hydrogen) atoms. The number of Topliss-reactive ketones (excluding diaryl/α,β-unsaturated/α-hetero) is 1. The molecular formula is C19H16ClF4N3O2. The van der Waals surface area contributed by atoms with Crippen molar-refractivity contribution in [2.24, 2.45) is 10.7 Å². The molecule has 2 N–H and O–H groups in total. The summed E-state index contributed by atoms with van der Waals surface area (Å²) < 4.78 is 100.